The van der Waals surface area contributed by atoms with Crippen molar-refractivity contribution in [3.8, 4) is 17.2 Å². The lowest BCUT2D eigenvalue weighted by molar-refractivity contribution is 0.419. The van der Waals surface area contributed by atoms with Crippen molar-refractivity contribution >= 4 is 26.6 Å². The van der Waals surface area contributed by atoms with Gasteiger partial charge in [0.1, 0.15) is 5.82 Å². The van der Waals surface area contributed by atoms with E-state index < -0.39 is 15.8 Å². The van der Waals surface area contributed by atoms with Gasteiger partial charge >= 0.3 is 0 Å². The number of nitriles is 1. The Morgan fingerprint density at radius 2 is 1.82 bits per heavy atom. The van der Waals surface area contributed by atoms with Crippen molar-refractivity contribution in [1.29, 1.82) is 5.26 Å². The third-order valence-corrected chi connectivity index (χ3v) is 5.54. The van der Waals surface area contributed by atoms with Crippen molar-refractivity contribution in [1.82, 2.24) is 4.57 Å². The highest BCUT2D eigenvalue weighted by Crippen LogP contribution is 2.37. The molecule has 0 aliphatic carbocycles. The first kappa shape index (κ1) is 19.9. The summed E-state index contributed by atoms with van der Waals surface area (Å²) in [4.78, 5) is 0. The molecule has 5 nitrogen and oxygen atoms in total. The molecule has 28 heavy (non-hydrogen) atoms. The molecule has 146 valence electrons. The smallest absolute Gasteiger partial charge is 0.229 e. The lowest BCUT2D eigenvalue weighted by atomic mass is 10.0. The van der Waals surface area contributed by atoms with E-state index in [2.05, 4.69) is 25.5 Å². The van der Waals surface area contributed by atoms with Gasteiger partial charge in [0.15, 0.2) is 0 Å². The summed E-state index contributed by atoms with van der Waals surface area (Å²) in [6.45, 7) is 6.26. The average molecular weight is 399 g/mol. The summed E-state index contributed by atoms with van der Waals surface area (Å²) < 4.78 is 42.4. The normalized spacial score (nSPS) is 12.9. The maximum atomic E-state index is 14.7. The van der Waals surface area contributed by atoms with Crippen LogP contribution in [0.2, 0.25) is 0 Å². The highest BCUT2D eigenvalue weighted by atomic mass is 32.2. The fourth-order valence-corrected chi connectivity index (χ4v) is 3.76. The number of benzene rings is 2. The SMILES string of the molecule is CC(C)[C@H](C)n1cc(-c2ccc(C#N)cc2F)c2ccc(NS(C)(=O)=O)cc21. The van der Waals surface area contributed by atoms with Gasteiger partial charge in [0, 0.05) is 28.8 Å². The number of halogens is 1. The zero-order valence-corrected chi connectivity index (χ0v) is 17.0. The molecule has 1 atom stereocenters. The van der Waals surface area contributed by atoms with Crippen LogP contribution in [0.3, 0.4) is 0 Å². The zero-order chi connectivity index (χ0) is 20.6. The van der Waals surface area contributed by atoms with E-state index in [1.807, 2.05) is 16.8 Å². The molecule has 0 unspecified atom stereocenters. The molecule has 2 aromatic carbocycles. The van der Waals surface area contributed by atoms with Gasteiger partial charge in [0.25, 0.3) is 0 Å². The van der Waals surface area contributed by atoms with E-state index in [0.717, 1.165) is 17.2 Å². The highest BCUT2D eigenvalue weighted by molar-refractivity contribution is 7.92. The molecule has 1 heterocycles. The van der Waals surface area contributed by atoms with E-state index in [-0.39, 0.29) is 11.6 Å². The first-order valence-corrected chi connectivity index (χ1v) is 10.8. The summed E-state index contributed by atoms with van der Waals surface area (Å²) in [5, 5.41) is 9.79. The first-order chi connectivity index (χ1) is 13.1. The minimum Gasteiger partial charge on any atom is -0.344 e. The van der Waals surface area contributed by atoms with Crippen LogP contribution in [-0.2, 0) is 10.0 Å². The molecule has 1 aromatic heterocycles. The highest BCUT2D eigenvalue weighted by Gasteiger charge is 2.19. The Labute approximate surface area is 164 Å². The van der Waals surface area contributed by atoms with E-state index in [0.29, 0.717) is 22.7 Å². The first-order valence-electron chi connectivity index (χ1n) is 8.93. The summed E-state index contributed by atoms with van der Waals surface area (Å²) in [6, 6.07) is 11.7. The Balaban J connectivity index is 2.26. The Morgan fingerprint density at radius 1 is 1.11 bits per heavy atom. The Kier molecular flexibility index (Phi) is 5.18. The summed E-state index contributed by atoms with van der Waals surface area (Å²) >= 11 is 0. The van der Waals surface area contributed by atoms with Crippen molar-refractivity contribution in [2.45, 2.75) is 26.8 Å². The topological polar surface area (TPSA) is 74.9 Å². The Morgan fingerprint density at radius 3 is 2.39 bits per heavy atom. The fraction of sp³-hybridized carbons (Fsp3) is 0.286. The standard InChI is InChI=1S/C21H22FN3O2S/c1-13(2)14(3)25-12-19(17-7-5-15(11-23)9-20(17)22)18-8-6-16(10-21(18)25)24-28(4,26)27/h5-10,12-14,24H,1-4H3/t14-/m0/s1. The molecule has 1 N–H and O–H groups in total. The van der Waals surface area contributed by atoms with Crippen LogP contribution in [0.1, 0.15) is 32.4 Å². The number of sulfonamides is 1. The van der Waals surface area contributed by atoms with Crippen LogP contribution in [-0.4, -0.2) is 19.2 Å². The van der Waals surface area contributed by atoms with Crippen LogP contribution in [0.15, 0.2) is 42.6 Å². The van der Waals surface area contributed by atoms with Gasteiger partial charge in [-0.15, -0.1) is 0 Å². The van der Waals surface area contributed by atoms with Gasteiger partial charge in [-0.3, -0.25) is 4.72 Å². The third kappa shape index (κ3) is 3.87. The third-order valence-electron chi connectivity index (χ3n) is 4.93. The molecule has 7 heteroatoms. The summed E-state index contributed by atoms with van der Waals surface area (Å²) in [5.41, 5.74) is 2.64. The molecule has 3 aromatic rings. The number of nitrogens with one attached hydrogen (secondary N) is 1. The van der Waals surface area contributed by atoms with E-state index in [1.54, 1.807) is 30.3 Å². The van der Waals surface area contributed by atoms with Gasteiger partial charge in [-0.25, -0.2) is 12.8 Å². The second-order valence-electron chi connectivity index (χ2n) is 7.35. The zero-order valence-electron chi connectivity index (χ0n) is 16.2. The van der Waals surface area contributed by atoms with Gasteiger partial charge in [-0.05, 0) is 37.1 Å². The van der Waals surface area contributed by atoms with Crippen molar-refractivity contribution in [2.75, 3.05) is 11.0 Å². The molecule has 0 radical (unpaired) electrons. The van der Waals surface area contributed by atoms with Crippen molar-refractivity contribution < 1.29 is 12.8 Å². The summed E-state index contributed by atoms with van der Waals surface area (Å²) in [7, 11) is -3.40. The van der Waals surface area contributed by atoms with E-state index in [1.165, 1.54) is 6.07 Å². The van der Waals surface area contributed by atoms with Crippen LogP contribution in [0, 0.1) is 23.1 Å². The monoisotopic (exact) mass is 399 g/mol. The van der Waals surface area contributed by atoms with Gasteiger partial charge in [0.2, 0.25) is 10.0 Å². The number of hydrogen-bond donors (Lipinski definition) is 1. The molecule has 0 spiro atoms. The number of hydrogen-bond acceptors (Lipinski definition) is 3. The Bertz CT molecular complexity index is 1190. The van der Waals surface area contributed by atoms with Crippen LogP contribution in [0.25, 0.3) is 22.0 Å². The largest absolute Gasteiger partial charge is 0.344 e. The van der Waals surface area contributed by atoms with E-state index in [9.17, 15) is 12.8 Å². The second kappa shape index (κ2) is 7.28. The Hall–Kier alpha value is -2.85. The molecule has 0 saturated heterocycles. The maximum absolute atomic E-state index is 14.7. The predicted octanol–water partition coefficient (Wildman–Crippen LogP) is 4.91. The van der Waals surface area contributed by atoms with Crippen molar-refractivity contribution in [3.63, 3.8) is 0 Å². The second-order valence-corrected chi connectivity index (χ2v) is 9.10. The fourth-order valence-electron chi connectivity index (χ4n) is 3.20. The van der Waals surface area contributed by atoms with Crippen molar-refractivity contribution in [3.05, 3.63) is 54.0 Å². The van der Waals surface area contributed by atoms with Crippen LogP contribution >= 0.6 is 0 Å². The van der Waals surface area contributed by atoms with E-state index in [4.69, 9.17) is 5.26 Å². The van der Waals surface area contributed by atoms with Gasteiger partial charge in [0.05, 0.1) is 29.1 Å². The average Bonchev–Trinajstić information content (AvgIpc) is 2.97. The van der Waals surface area contributed by atoms with Crippen LogP contribution < -0.4 is 4.72 Å². The molecule has 0 amide bonds. The van der Waals surface area contributed by atoms with Gasteiger partial charge in [-0.2, -0.15) is 5.26 Å². The summed E-state index contributed by atoms with van der Waals surface area (Å²) in [6.07, 6.45) is 2.99. The summed E-state index contributed by atoms with van der Waals surface area (Å²) in [5.74, 6) is -0.144. The molecule has 0 fully saturated rings. The lowest BCUT2D eigenvalue weighted by Crippen LogP contribution is -2.11. The number of aromatic nitrogens is 1. The maximum Gasteiger partial charge on any atom is 0.229 e. The molecule has 0 aliphatic rings. The predicted molar refractivity (Wildman–Crippen MR) is 110 cm³/mol. The number of fused-ring (bicyclic) bond motifs is 1. The number of rotatable bonds is 5. The van der Waals surface area contributed by atoms with Gasteiger partial charge in [-0.1, -0.05) is 26.0 Å². The molecular formula is C21H22FN3O2S. The minimum absolute atomic E-state index is 0.117. The molecular weight excluding hydrogens is 377 g/mol. The molecule has 3 rings (SSSR count). The van der Waals surface area contributed by atoms with Crippen LogP contribution in [0.4, 0.5) is 10.1 Å². The van der Waals surface area contributed by atoms with Crippen LogP contribution in [0.5, 0.6) is 0 Å². The van der Waals surface area contributed by atoms with Gasteiger partial charge < -0.3 is 4.57 Å². The quantitative estimate of drug-likeness (QED) is 0.662. The van der Waals surface area contributed by atoms with Crippen molar-refractivity contribution in [2.24, 2.45) is 5.92 Å². The molecule has 0 bridgehead atoms. The number of anilines is 1. The lowest BCUT2D eigenvalue weighted by Gasteiger charge is -2.19. The number of nitrogens with zero attached hydrogens (tertiary/aromatic N) is 2. The van der Waals surface area contributed by atoms with E-state index >= 15 is 0 Å². The molecule has 0 aliphatic heterocycles. The molecule has 0 saturated carbocycles. The minimum atomic E-state index is -3.40.